The van der Waals surface area contributed by atoms with Crippen molar-refractivity contribution in [2.24, 2.45) is 5.92 Å². The van der Waals surface area contributed by atoms with Crippen molar-refractivity contribution in [2.75, 3.05) is 0 Å². The van der Waals surface area contributed by atoms with Crippen LogP contribution in [0.15, 0.2) is 0 Å². The molecule has 0 saturated carbocycles. The average Bonchev–Trinajstić information content (AvgIpc) is 1.75. The molecule has 0 saturated heterocycles. The van der Waals surface area contributed by atoms with E-state index < -0.39 is 22.6 Å². The van der Waals surface area contributed by atoms with Crippen molar-refractivity contribution in [3.05, 3.63) is 0 Å². The highest BCUT2D eigenvalue weighted by Crippen LogP contribution is 2.28. The molecule has 0 aromatic heterocycles. The quantitative estimate of drug-likeness (QED) is 0.602. The SMILES string of the molecule is CC(C)C(O)(O[Si](C)(C)C)O[Si](C)(C)C. The van der Waals surface area contributed by atoms with Crippen molar-refractivity contribution < 1.29 is 14.0 Å². The second kappa shape index (κ2) is 4.67. The van der Waals surface area contributed by atoms with E-state index in [0.29, 0.717) is 0 Å². The fraction of sp³-hybridized carbons (Fsp3) is 1.00. The first-order valence-electron chi connectivity index (χ1n) is 5.48. The normalized spacial score (nSPS) is 14.8. The van der Waals surface area contributed by atoms with Gasteiger partial charge in [-0.15, -0.1) is 0 Å². The summed E-state index contributed by atoms with van der Waals surface area (Å²) in [4.78, 5) is 0. The largest absolute Gasteiger partial charge is 0.370 e. The van der Waals surface area contributed by atoms with Crippen LogP contribution in [0.4, 0.5) is 0 Å². The van der Waals surface area contributed by atoms with Crippen molar-refractivity contribution in [2.45, 2.75) is 59.1 Å². The van der Waals surface area contributed by atoms with Crippen LogP contribution < -0.4 is 0 Å². The summed E-state index contributed by atoms with van der Waals surface area (Å²) < 4.78 is 11.5. The Balaban J connectivity index is 4.76. The molecular weight excluding hydrogens is 224 g/mol. The van der Waals surface area contributed by atoms with Gasteiger partial charge in [-0.05, 0) is 39.3 Å². The third kappa shape index (κ3) is 6.47. The van der Waals surface area contributed by atoms with Gasteiger partial charge in [0.15, 0.2) is 16.6 Å². The van der Waals surface area contributed by atoms with Crippen LogP contribution in [-0.4, -0.2) is 27.7 Å². The van der Waals surface area contributed by atoms with Crippen LogP contribution in [0.2, 0.25) is 39.3 Å². The maximum atomic E-state index is 10.4. The molecule has 3 nitrogen and oxygen atoms in total. The van der Waals surface area contributed by atoms with Gasteiger partial charge >= 0.3 is 0 Å². The van der Waals surface area contributed by atoms with E-state index in [9.17, 15) is 5.11 Å². The zero-order chi connectivity index (χ0) is 12.5. The Morgan fingerprint density at radius 2 is 1.13 bits per heavy atom. The van der Waals surface area contributed by atoms with Crippen molar-refractivity contribution in [1.29, 1.82) is 0 Å². The molecule has 15 heavy (non-hydrogen) atoms. The van der Waals surface area contributed by atoms with Gasteiger partial charge in [-0.1, -0.05) is 13.8 Å². The molecule has 0 fully saturated rings. The topological polar surface area (TPSA) is 38.7 Å². The third-order valence-corrected chi connectivity index (χ3v) is 3.44. The van der Waals surface area contributed by atoms with Crippen LogP contribution >= 0.6 is 0 Å². The number of aliphatic hydroxyl groups is 1. The molecule has 1 N–H and O–H groups in total. The summed E-state index contributed by atoms with van der Waals surface area (Å²) in [5.74, 6) is -1.47. The summed E-state index contributed by atoms with van der Waals surface area (Å²) in [6.45, 7) is 16.1. The van der Waals surface area contributed by atoms with Gasteiger partial charge in [-0.2, -0.15) is 0 Å². The highest BCUT2D eigenvalue weighted by molar-refractivity contribution is 6.70. The first kappa shape index (κ1) is 15.3. The van der Waals surface area contributed by atoms with Crippen molar-refractivity contribution >= 4 is 16.6 Å². The molecule has 0 heterocycles. The van der Waals surface area contributed by atoms with Gasteiger partial charge in [0.25, 0.3) is 5.97 Å². The molecule has 0 radical (unpaired) electrons. The first-order chi connectivity index (χ1) is 6.36. The molecule has 0 aliphatic heterocycles. The molecule has 0 aliphatic rings. The van der Waals surface area contributed by atoms with Gasteiger partial charge in [0.2, 0.25) is 0 Å². The first-order valence-corrected chi connectivity index (χ1v) is 12.3. The minimum atomic E-state index is -1.81. The highest BCUT2D eigenvalue weighted by Gasteiger charge is 2.41. The summed E-state index contributed by atoms with van der Waals surface area (Å²) >= 11 is 0. The van der Waals surface area contributed by atoms with E-state index in [2.05, 4.69) is 0 Å². The molecule has 92 valence electrons. The van der Waals surface area contributed by atoms with Gasteiger partial charge in [-0.25, -0.2) is 0 Å². The summed E-state index contributed by atoms with van der Waals surface area (Å²) in [6, 6.07) is 0. The van der Waals surface area contributed by atoms with Gasteiger partial charge in [-0.3, -0.25) is 0 Å². The lowest BCUT2D eigenvalue weighted by molar-refractivity contribution is -0.309. The third-order valence-electron chi connectivity index (χ3n) is 1.63. The van der Waals surface area contributed by atoms with Gasteiger partial charge in [0.05, 0.1) is 0 Å². The predicted octanol–water partition coefficient (Wildman–Crippen LogP) is 2.99. The molecule has 0 amide bonds. The lowest BCUT2D eigenvalue weighted by Gasteiger charge is -2.41. The smallest absolute Gasteiger partial charge is 0.263 e. The number of hydrogen-bond acceptors (Lipinski definition) is 3. The summed E-state index contributed by atoms with van der Waals surface area (Å²) in [5.41, 5.74) is 0. The summed E-state index contributed by atoms with van der Waals surface area (Å²) in [5, 5.41) is 10.4. The highest BCUT2D eigenvalue weighted by atomic mass is 28.4. The Morgan fingerprint density at radius 1 is 0.867 bits per heavy atom. The van der Waals surface area contributed by atoms with Crippen LogP contribution in [-0.2, 0) is 8.85 Å². The van der Waals surface area contributed by atoms with E-state index in [1.54, 1.807) is 0 Å². The molecule has 0 aliphatic carbocycles. The zero-order valence-electron chi connectivity index (χ0n) is 11.3. The fourth-order valence-electron chi connectivity index (χ4n) is 1.13. The molecule has 5 heteroatoms. The summed E-state index contributed by atoms with van der Waals surface area (Å²) in [6.07, 6.45) is 0. The fourth-order valence-corrected chi connectivity index (χ4v) is 3.53. The maximum absolute atomic E-state index is 10.4. The van der Waals surface area contributed by atoms with Crippen LogP contribution in [0.5, 0.6) is 0 Å². The minimum Gasteiger partial charge on any atom is -0.370 e. The van der Waals surface area contributed by atoms with Crippen molar-refractivity contribution in [3.8, 4) is 0 Å². The average molecular weight is 250 g/mol. The lowest BCUT2D eigenvalue weighted by atomic mass is 10.2. The van der Waals surface area contributed by atoms with Crippen molar-refractivity contribution in [3.63, 3.8) is 0 Å². The minimum absolute atomic E-state index is 0.0593. The second-order valence-electron chi connectivity index (χ2n) is 6.21. The Morgan fingerprint density at radius 3 is 1.27 bits per heavy atom. The van der Waals surface area contributed by atoms with Crippen LogP contribution in [0.1, 0.15) is 13.8 Å². The van der Waals surface area contributed by atoms with Crippen LogP contribution in [0.25, 0.3) is 0 Å². The second-order valence-corrected chi connectivity index (χ2v) is 15.1. The van der Waals surface area contributed by atoms with Gasteiger partial charge in [0, 0.05) is 5.92 Å². The Kier molecular flexibility index (Phi) is 4.77. The van der Waals surface area contributed by atoms with E-state index in [-0.39, 0.29) is 5.92 Å². The molecule has 0 spiro atoms. The molecule has 0 rings (SSSR count). The molecule has 0 aromatic carbocycles. The van der Waals surface area contributed by atoms with E-state index in [1.807, 2.05) is 53.1 Å². The Labute approximate surface area is 96.1 Å². The lowest BCUT2D eigenvalue weighted by Crippen LogP contribution is -2.53. The van der Waals surface area contributed by atoms with Gasteiger partial charge < -0.3 is 14.0 Å². The van der Waals surface area contributed by atoms with Crippen LogP contribution in [0, 0.1) is 5.92 Å². The van der Waals surface area contributed by atoms with Crippen LogP contribution in [0.3, 0.4) is 0 Å². The van der Waals surface area contributed by atoms with E-state index in [4.69, 9.17) is 8.85 Å². The number of hydrogen-bond donors (Lipinski definition) is 1. The Hall–Kier alpha value is 0.314. The van der Waals surface area contributed by atoms with E-state index in [1.165, 1.54) is 0 Å². The van der Waals surface area contributed by atoms with Gasteiger partial charge in [0.1, 0.15) is 0 Å². The maximum Gasteiger partial charge on any atom is 0.263 e. The molecular formula is C10H26O3Si2. The van der Waals surface area contributed by atoms with E-state index in [0.717, 1.165) is 0 Å². The Bertz CT molecular complexity index is 188. The molecule has 0 atom stereocenters. The predicted molar refractivity (Wildman–Crippen MR) is 68.6 cm³/mol. The summed E-state index contributed by atoms with van der Waals surface area (Å²) in [7, 11) is -3.62. The molecule has 0 aromatic rings. The van der Waals surface area contributed by atoms with Crippen molar-refractivity contribution in [1.82, 2.24) is 0 Å². The number of rotatable bonds is 5. The standard InChI is InChI=1S/C10H26O3Si2/c1-9(2)10(11,12-14(3,4)5)13-15(6,7)8/h9,11H,1-8H3. The molecule has 0 bridgehead atoms. The monoisotopic (exact) mass is 250 g/mol. The van der Waals surface area contributed by atoms with E-state index >= 15 is 0 Å². The zero-order valence-corrected chi connectivity index (χ0v) is 13.3. The molecule has 0 unspecified atom stereocenters.